The summed E-state index contributed by atoms with van der Waals surface area (Å²) >= 11 is 0. The van der Waals surface area contributed by atoms with Gasteiger partial charge in [0.1, 0.15) is 36.6 Å². The molecule has 0 radical (unpaired) electrons. The molecule has 1 saturated carbocycles. The fourth-order valence-corrected chi connectivity index (χ4v) is 11.1. The van der Waals surface area contributed by atoms with Gasteiger partial charge in [-0.2, -0.15) is 0 Å². The summed E-state index contributed by atoms with van der Waals surface area (Å²) in [6.07, 6.45) is 42.9. The van der Waals surface area contributed by atoms with Gasteiger partial charge in [0, 0.05) is 6.42 Å². The van der Waals surface area contributed by atoms with E-state index in [0.29, 0.717) is 19.3 Å². The van der Waals surface area contributed by atoms with Crippen LogP contribution in [0, 0.1) is 0 Å². The first-order valence-electron chi connectivity index (χ1n) is 30.0. The molecule has 1 amide bonds. The van der Waals surface area contributed by atoms with Crippen LogP contribution >= 0.6 is 7.82 Å². The molecule has 13 heteroatoms. The molecule has 0 aliphatic heterocycles. The van der Waals surface area contributed by atoms with Gasteiger partial charge in [-0.25, -0.2) is 4.57 Å². The standard InChI is InChI=1S/C57H114NO11P/c1-3-5-7-9-11-13-15-17-19-21-22-23-24-25-26-27-28-29-30-31-33-35-37-39-41-43-45-47-51(60)58-49(48-68-70(66,67)69-57-55(64)53(62)52(61)54(63)56(57)65)50(59)46-44-42-40-38-36-34-32-20-18-16-14-12-10-8-6-4-2/h49-50,52-57,59,61-65H,3-48H2,1-2H3,(H,58,60)(H,66,67)/t49-,50+,52?,53+,54?,55?,56?,57?/m0/s1. The van der Waals surface area contributed by atoms with Gasteiger partial charge in [0.15, 0.2) is 0 Å². The molecule has 9 atom stereocenters. The van der Waals surface area contributed by atoms with Gasteiger partial charge in [-0.05, 0) is 12.8 Å². The van der Waals surface area contributed by atoms with Crippen molar-refractivity contribution in [3.63, 3.8) is 0 Å². The van der Waals surface area contributed by atoms with Crippen LogP contribution in [-0.4, -0.2) is 96.8 Å². The Hall–Kier alpha value is -0.660. The normalized spacial score (nSPS) is 21.2. The Kier molecular flexibility index (Phi) is 45.1. The zero-order valence-electron chi connectivity index (χ0n) is 45.4. The van der Waals surface area contributed by atoms with Crippen LogP contribution in [0.1, 0.15) is 303 Å². The number of aliphatic hydroxyl groups excluding tert-OH is 6. The van der Waals surface area contributed by atoms with E-state index in [1.807, 2.05) is 0 Å². The molecule has 1 aliphatic rings. The number of aliphatic hydroxyl groups is 6. The third-order valence-corrected chi connectivity index (χ3v) is 15.9. The predicted molar refractivity (Wildman–Crippen MR) is 288 cm³/mol. The zero-order chi connectivity index (χ0) is 51.3. The Labute approximate surface area is 429 Å². The summed E-state index contributed by atoms with van der Waals surface area (Å²) in [5.74, 6) is -0.300. The second-order valence-electron chi connectivity index (χ2n) is 21.6. The maximum atomic E-state index is 13.1. The quantitative estimate of drug-likeness (QED) is 0.0212. The summed E-state index contributed by atoms with van der Waals surface area (Å²) in [4.78, 5) is 23.6. The molecule has 0 aromatic carbocycles. The highest BCUT2D eigenvalue weighted by atomic mass is 31.2. The second kappa shape index (κ2) is 46.8. The fraction of sp³-hybridized carbons (Fsp3) is 0.982. The molecule has 6 unspecified atom stereocenters. The van der Waals surface area contributed by atoms with Crippen molar-refractivity contribution in [3.8, 4) is 0 Å². The lowest BCUT2D eigenvalue weighted by Gasteiger charge is -2.41. The first kappa shape index (κ1) is 67.4. The van der Waals surface area contributed by atoms with Crippen LogP contribution in [0.4, 0.5) is 0 Å². The smallest absolute Gasteiger partial charge is 0.391 e. The van der Waals surface area contributed by atoms with Gasteiger partial charge in [-0.3, -0.25) is 13.8 Å². The number of amides is 1. The summed E-state index contributed by atoms with van der Waals surface area (Å²) < 4.78 is 23.1. The summed E-state index contributed by atoms with van der Waals surface area (Å²) in [5.41, 5.74) is 0. The van der Waals surface area contributed by atoms with Crippen molar-refractivity contribution in [1.29, 1.82) is 0 Å². The topological polar surface area (TPSA) is 206 Å². The van der Waals surface area contributed by atoms with E-state index in [-0.39, 0.29) is 12.3 Å². The number of hydrogen-bond donors (Lipinski definition) is 8. The lowest BCUT2D eigenvalue weighted by atomic mass is 9.85. The van der Waals surface area contributed by atoms with Gasteiger partial charge in [0.2, 0.25) is 5.91 Å². The van der Waals surface area contributed by atoms with Crippen molar-refractivity contribution >= 4 is 13.7 Å². The second-order valence-corrected chi connectivity index (χ2v) is 23.0. The Morgan fingerprint density at radius 3 is 0.986 bits per heavy atom. The zero-order valence-corrected chi connectivity index (χ0v) is 46.3. The van der Waals surface area contributed by atoms with E-state index in [4.69, 9.17) is 9.05 Å². The molecule has 1 rings (SSSR count). The van der Waals surface area contributed by atoms with E-state index in [9.17, 15) is 44.9 Å². The highest BCUT2D eigenvalue weighted by Crippen LogP contribution is 2.47. The molecule has 0 bridgehead atoms. The lowest BCUT2D eigenvalue weighted by molar-refractivity contribution is -0.220. The molecule has 8 N–H and O–H groups in total. The third-order valence-electron chi connectivity index (χ3n) is 14.9. The summed E-state index contributed by atoms with van der Waals surface area (Å²) in [6, 6.07) is -1.03. The molecule has 1 aliphatic carbocycles. The minimum atomic E-state index is -5.06. The van der Waals surface area contributed by atoms with E-state index in [1.165, 1.54) is 225 Å². The van der Waals surface area contributed by atoms with Crippen molar-refractivity contribution in [3.05, 3.63) is 0 Å². The molecule has 0 aromatic heterocycles. The summed E-state index contributed by atoms with van der Waals surface area (Å²) in [6.45, 7) is 3.95. The molecule has 0 spiro atoms. The Balaban J connectivity index is 2.26. The Morgan fingerprint density at radius 1 is 0.429 bits per heavy atom. The van der Waals surface area contributed by atoms with Crippen LogP contribution < -0.4 is 5.32 Å². The van der Waals surface area contributed by atoms with Crippen molar-refractivity contribution < 1.29 is 53.9 Å². The van der Waals surface area contributed by atoms with Crippen LogP contribution in [0.25, 0.3) is 0 Å². The molecule has 418 valence electrons. The van der Waals surface area contributed by atoms with Crippen molar-refractivity contribution in [1.82, 2.24) is 5.32 Å². The van der Waals surface area contributed by atoms with Gasteiger partial charge in [0.05, 0.1) is 18.8 Å². The maximum Gasteiger partial charge on any atom is 0.472 e. The minimum absolute atomic E-state index is 0.244. The number of rotatable bonds is 52. The van der Waals surface area contributed by atoms with E-state index < -0.39 is 63.2 Å². The van der Waals surface area contributed by atoms with Crippen LogP contribution in [0.2, 0.25) is 0 Å². The average Bonchev–Trinajstić information content (AvgIpc) is 3.34. The summed E-state index contributed by atoms with van der Waals surface area (Å²) in [7, 11) is -5.06. The maximum absolute atomic E-state index is 13.1. The largest absolute Gasteiger partial charge is 0.472 e. The van der Waals surface area contributed by atoms with Gasteiger partial charge < -0.3 is 40.8 Å². The molecule has 70 heavy (non-hydrogen) atoms. The van der Waals surface area contributed by atoms with E-state index in [0.717, 1.165) is 38.5 Å². The number of phosphoric ester groups is 1. The number of carbonyl (C=O) groups is 1. The Bertz CT molecular complexity index is 1190. The fourth-order valence-electron chi connectivity index (χ4n) is 10.1. The number of phosphoric acid groups is 1. The number of carbonyl (C=O) groups excluding carboxylic acids is 1. The van der Waals surface area contributed by atoms with E-state index >= 15 is 0 Å². The first-order chi connectivity index (χ1) is 33.9. The lowest BCUT2D eigenvalue weighted by Crippen LogP contribution is -2.64. The highest BCUT2D eigenvalue weighted by molar-refractivity contribution is 7.47. The molecule has 1 fully saturated rings. The average molecular weight is 1020 g/mol. The SMILES string of the molecule is CCCCCCCCCCCCCCCCCCCCCCCCCCCCCC(=O)N[C@@H](COP(=O)(O)OC1C(O)C(O)C(O)[C@@H](O)C1O)[C@H](O)CCCCCCCCCCCCCCCCCC. The molecule has 0 aromatic rings. The van der Waals surface area contributed by atoms with Crippen molar-refractivity contribution in [2.24, 2.45) is 0 Å². The first-order valence-corrected chi connectivity index (χ1v) is 31.5. The van der Waals surface area contributed by atoms with Crippen LogP contribution in [0.3, 0.4) is 0 Å². The van der Waals surface area contributed by atoms with Gasteiger partial charge in [0.25, 0.3) is 0 Å². The number of hydrogen-bond acceptors (Lipinski definition) is 10. The molecule has 0 heterocycles. The number of unbranched alkanes of at least 4 members (excludes halogenated alkanes) is 41. The van der Waals surface area contributed by atoms with Crippen LogP contribution in [0.15, 0.2) is 0 Å². The molecule has 0 saturated heterocycles. The van der Waals surface area contributed by atoms with Crippen LogP contribution in [0.5, 0.6) is 0 Å². The van der Waals surface area contributed by atoms with Crippen molar-refractivity contribution in [2.45, 2.75) is 352 Å². The molecular weight excluding hydrogens is 906 g/mol. The Morgan fingerprint density at radius 2 is 0.686 bits per heavy atom. The number of nitrogens with one attached hydrogen (secondary N) is 1. The van der Waals surface area contributed by atoms with Gasteiger partial charge in [-0.15, -0.1) is 0 Å². The molecule has 12 nitrogen and oxygen atoms in total. The van der Waals surface area contributed by atoms with Crippen LogP contribution in [-0.2, 0) is 18.4 Å². The van der Waals surface area contributed by atoms with Crippen molar-refractivity contribution in [2.75, 3.05) is 6.61 Å². The third kappa shape index (κ3) is 37.1. The predicted octanol–water partition coefficient (Wildman–Crippen LogP) is 13.7. The van der Waals surface area contributed by atoms with Gasteiger partial charge in [-0.1, -0.05) is 284 Å². The van der Waals surface area contributed by atoms with E-state index in [2.05, 4.69) is 19.2 Å². The highest BCUT2D eigenvalue weighted by Gasteiger charge is 2.51. The minimum Gasteiger partial charge on any atom is -0.391 e. The molecular formula is C57H114NO11P. The monoisotopic (exact) mass is 1020 g/mol. The summed E-state index contributed by atoms with van der Waals surface area (Å²) in [5, 5.41) is 64.5. The van der Waals surface area contributed by atoms with Gasteiger partial charge >= 0.3 is 7.82 Å². The van der Waals surface area contributed by atoms with E-state index in [1.54, 1.807) is 0 Å².